The van der Waals surface area contributed by atoms with Crippen LogP contribution in [0.3, 0.4) is 0 Å². The van der Waals surface area contributed by atoms with Gasteiger partial charge in [0.15, 0.2) is 0 Å². The summed E-state index contributed by atoms with van der Waals surface area (Å²) in [7, 11) is 1.35. The summed E-state index contributed by atoms with van der Waals surface area (Å²) in [5.41, 5.74) is 3.26. The Bertz CT molecular complexity index is 893. The standard InChI is InChI=1S/C21H18BrNO3/c1-14(22)20-18(21(24)25-2)12-13-19(23-20)26-17-10-8-16(9-11-17)15-6-4-3-5-7-15/h3-14H,1-2H3. The first-order chi connectivity index (χ1) is 12.6. The highest BCUT2D eigenvalue weighted by molar-refractivity contribution is 9.09. The topological polar surface area (TPSA) is 48.4 Å². The molecule has 0 aliphatic carbocycles. The molecule has 1 unspecified atom stereocenters. The maximum Gasteiger partial charge on any atom is 0.339 e. The molecule has 4 nitrogen and oxygen atoms in total. The van der Waals surface area contributed by atoms with Gasteiger partial charge in [0.05, 0.1) is 23.2 Å². The first-order valence-corrected chi connectivity index (χ1v) is 9.06. The molecule has 1 heterocycles. The Morgan fingerprint density at radius 1 is 0.962 bits per heavy atom. The molecule has 3 rings (SSSR count). The van der Waals surface area contributed by atoms with E-state index in [9.17, 15) is 4.79 Å². The van der Waals surface area contributed by atoms with Gasteiger partial charge < -0.3 is 9.47 Å². The van der Waals surface area contributed by atoms with Crippen molar-refractivity contribution in [2.24, 2.45) is 0 Å². The molecule has 1 atom stereocenters. The number of pyridine rings is 1. The summed E-state index contributed by atoms with van der Waals surface area (Å²) >= 11 is 3.46. The van der Waals surface area contributed by atoms with Crippen LogP contribution in [0.4, 0.5) is 0 Å². The number of ether oxygens (including phenoxy) is 2. The molecule has 1 aromatic heterocycles. The second kappa shape index (κ2) is 8.15. The van der Waals surface area contributed by atoms with E-state index in [1.807, 2.05) is 49.4 Å². The van der Waals surface area contributed by atoms with Crippen LogP contribution in [0.15, 0.2) is 66.7 Å². The van der Waals surface area contributed by atoms with Crippen molar-refractivity contribution in [3.05, 3.63) is 78.0 Å². The number of rotatable bonds is 5. The lowest BCUT2D eigenvalue weighted by molar-refractivity contribution is 0.0599. The van der Waals surface area contributed by atoms with Crippen LogP contribution < -0.4 is 4.74 Å². The molecular formula is C21H18BrNO3. The van der Waals surface area contributed by atoms with E-state index < -0.39 is 5.97 Å². The van der Waals surface area contributed by atoms with E-state index in [4.69, 9.17) is 9.47 Å². The molecule has 0 N–H and O–H groups in total. The van der Waals surface area contributed by atoms with Crippen LogP contribution >= 0.6 is 15.9 Å². The Morgan fingerprint density at radius 3 is 2.23 bits per heavy atom. The first-order valence-electron chi connectivity index (χ1n) is 8.15. The lowest BCUT2D eigenvalue weighted by Crippen LogP contribution is -2.08. The van der Waals surface area contributed by atoms with Crippen LogP contribution in [-0.4, -0.2) is 18.1 Å². The van der Waals surface area contributed by atoms with E-state index in [2.05, 4.69) is 33.0 Å². The minimum Gasteiger partial charge on any atom is -0.465 e. The fourth-order valence-electron chi connectivity index (χ4n) is 2.57. The SMILES string of the molecule is COC(=O)c1ccc(Oc2ccc(-c3ccccc3)cc2)nc1C(C)Br. The average Bonchev–Trinajstić information content (AvgIpc) is 2.68. The van der Waals surface area contributed by atoms with Crippen LogP contribution in [0.2, 0.25) is 0 Å². The van der Waals surface area contributed by atoms with Crippen LogP contribution in [0.1, 0.15) is 27.8 Å². The second-order valence-corrected chi connectivity index (χ2v) is 7.06. The number of alkyl halides is 1. The predicted molar refractivity (Wildman–Crippen MR) is 105 cm³/mol. The molecule has 0 aliphatic rings. The maximum absolute atomic E-state index is 11.9. The number of hydrogen-bond donors (Lipinski definition) is 0. The number of halogens is 1. The van der Waals surface area contributed by atoms with Crippen molar-refractivity contribution >= 4 is 21.9 Å². The highest BCUT2D eigenvalue weighted by atomic mass is 79.9. The molecule has 0 radical (unpaired) electrons. The highest BCUT2D eigenvalue weighted by Crippen LogP contribution is 2.29. The molecule has 0 amide bonds. The van der Waals surface area contributed by atoms with Crippen molar-refractivity contribution < 1.29 is 14.3 Å². The summed E-state index contributed by atoms with van der Waals surface area (Å²) in [4.78, 5) is 16.2. The number of carbonyl (C=O) groups excluding carboxylic acids is 1. The summed E-state index contributed by atoms with van der Waals surface area (Å²) in [6, 6.07) is 21.3. The van der Waals surface area contributed by atoms with Crippen molar-refractivity contribution in [3.8, 4) is 22.8 Å². The molecule has 26 heavy (non-hydrogen) atoms. The van der Waals surface area contributed by atoms with Gasteiger partial charge in [-0.2, -0.15) is 0 Å². The lowest BCUT2D eigenvalue weighted by atomic mass is 10.1. The molecule has 0 saturated carbocycles. The highest BCUT2D eigenvalue weighted by Gasteiger charge is 2.18. The van der Waals surface area contributed by atoms with E-state index in [-0.39, 0.29) is 4.83 Å². The zero-order valence-corrected chi connectivity index (χ0v) is 16.1. The summed E-state index contributed by atoms with van der Waals surface area (Å²) in [5.74, 6) is 0.681. The zero-order chi connectivity index (χ0) is 18.5. The number of carbonyl (C=O) groups is 1. The minimum atomic E-state index is -0.419. The number of benzene rings is 2. The number of nitrogens with zero attached hydrogens (tertiary/aromatic N) is 1. The fourth-order valence-corrected chi connectivity index (χ4v) is 2.91. The predicted octanol–water partition coefficient (Wildman–Crippen LogP) is 5.78. The monoisotopic (exact) mass is 411 g/mol. The molecule has 0 saturated heterocycles. The lowest BCUT2D eigenvalue weighted by Gasteiger charge is -2.12. The van der Waals surface area contributed by atoms with Gasteiger partial charge in [-0.15, -0.1) is 0 Å². The summed E-state index contributed by atoms with van der Waals surface area (Å²) in [5, 5.41) is 0. The van der Waals surface area contributed by atoms with Crippen molar-refractivity contribution in [1.29, 1.82) is 0 Å². The van der Waals surface area contributed by atoms with Crippen LogP contribution in [-0.2, 0) is 4.74 Å². The van der Waals surface area contributed by atoms with E-state index in [1.54, 1.807) is 12.1 Å². The van der Waals surface area contributed by atoms with Gasteiger partial charge in [0.2, 0.25) is 5.88 Å². The maximum atomic E-state index is 11.9. The van der Waals surface area contributed by atoms with Gasteiger partial charge in [-0.05, 0) is 36.2 Å². The van der Waals surface area contributed by atoms with E-state index >= 15 is 0 Å². The van der Waals surface area contributed by atoms with Gasteiger partial charge in [0.25, 0.3) is 0 Å². The Balaban J connectivity index is 1.82. The summed E-state index contributed by atoms with van der Waals surface area (Å²) in [6.45, 7) is 1.90. The smallest absolute Gasteiger partial charge is 0.339 e. The summed E-state index contributed by atoms with van der Waals surface area (Å²) < 4.78 is 10.6. The third-order valence-corrected chi connectivity index (χ3v) is 4.30. The fraction of sp³-hybridized carbons (Fsp3) is 0.143. The van der Waals surface area contributed by atoms with Gasteiger partial charge >= 0.3 is 5.97 Å². The number of aromatic nitrogens is 1. The van der Waals surface area contributed by atoms with Crippen LogP contribution in [0, 0.1) is 0 Å². The Hall–Kier alpha value is -2.66. The van der Waals surface area contributed by atoms with Gasteiger partial charge in [0, 0.05) is 6.07 Å². The quantitative estimate of drug-likeness (QED) is 0.394. The van der Waals surface area contributed by atoms with Crippen molar-refractivity contribution in [2.75, 3.05) is 7.11 Å². The molecule has 3 aromatic rings. The zero-order valence-electron chi connectivity index (χ0n) is 14.5. The van der Waals surface area contributed by atoms with E-state index in [1.165, 1.54) is 7.11 Å². The third kappa shape index (κ3) is 4.11. The molecule has 0 bridgehead atoms. The molecule has 0 aliphatic heterocycles. The number of methoxy groups -OCH3 is 1. The second-order valence-electron chi connectivity index (χ2n) is 5.68. The van der Waals surface area contributed by atoms with E-state index in [0.717, 1.165) is 11.1 Å². The van der Waals surface area contributed by atoms with Crippen molar-refractivity contribution in [3.63, 3.8) is 0 Å². The molecular weight excluding hydrogens is 394 g/mol. The van der Waals surface area contributed by atoms with Crippen LogP contribution in [0.25, 0.3) is 11.1 Å². The molecule has 0 spiro atoms. The van der Waals surface area contributed by atoms with Gasteiger partial charge in [-0.3, -0.25) is 0 Å². The van der Waals surface area contributed by atoms with Gasteiger partial charge in [-0.1, -0.05) is 58.4 Å². The Kier molecular flexibility index (Phi) is 5.68. The number of hydrogen-bond acceptors (Lipinski definition) is 4. The largest absolute Gasteiger partial charge is 0.465 e. The van der Waals surface area contributed by atoms with Crippen LogP contribution in [0.5, 0.6) is 11.6 Å². The van der Waals surface area contributed by atoms with Crippen molar-refractivity contribution in [2.45, 2.75) is 11.8 Å². The minimum absolute atomic E-state index is 0.111. The normalized spacial score (nSPS) is 11.7. The van der Waals surface area contributed by atoms with Gasteiger partial charge in [0.1, 0.15) is 5.75 Å². The summed E-state index contributed by atoms with van der Waals surface area (Å²) in [6.07, 6.45) is 0. The average molecular weight is 412 g/mol. The first kappa shape index (κ1) is 18.1. The molecule has 2 aromatic carbocycles. The Morgan fingerprint density at radius 2 is 1.62 bits per heavy atom. The molecule has 132 valence electrons. The molecule has 0 fully saturated rings. The molecule has 5 heteroatoms. The van der Waals surface area contributed by atoms with E-state index in [0.29, 0.717) is 22.9 Å². The van der Waals surface area contributed by atoms with Crippen molar-refractivity contribution in [1.82, 2.24) is 4.98 Å². The Labute approximate surface area is 160 Å². The number of esters is 1. The van der Waals surface area contributed by atoms with Gasteiger partial charge in [-0.25, -0.2) is 9.78 Å². The third-order valence-electron chi connectivity index (χ3n) is 3.87.